The number of amides is 2. The predicted molar refractivity (Wildman–Crippen MR) is 96.3 cm³/mol. The zero-order valence-electron chi connectivity index (χ0n) is 14.8. The van der Waals surface area contributed by atoms with Gasteiger partial charge in [-0.15, -0.1) is 0 Å². The predicted octanol–water partition coefficient (Wildman–Crippen LogP) is 3.81. The number of halogens is 3. The van der Waals surface area contributed by atoms with E-state index in [1.807, 2.05) is 12.1 Å². The van der Waals surface area contributed by atoms with Crippen LogP contribution in [0.5, 0.6) is 5.75 Å². The number of anilines is 1. The third-order valence-electron chi connectivity index (χ3n) is 5.10. The summed E-state index contributed by atoms with van der Waals surface area (Å²) in [6.07, 6.45) is -3.41. The van der Waals surface area contributed by atoms with Gasteiger partial charge in [0.2, 0.25) is 0 Å². The van der Waals surface area contributed by atoms with E-state index >= 15 is 0 Å². The second-order valence-electron chi connectivity index (χ2n) is 7.04. The molecule has 148 valence electrons. The Morgan fingerprint density at radius 3 is 2.79 bits per heavy atom. The monoisotopic (exact) mass is 392 g/mol. The lowest BCUT2D eigenvalue weighted by Crippen LogP contribution is -2.35. The number of aliphatic hydroxyl groups excluding tert-OH is 1. The molecule has 1 heterocycles. The fourth-order valence-electron chi connectivity index (χ4n) is 3.78. The lowest BCUT2D eigenvalue weighted by atomic mass is 9.98. The number of hydrogen-bond donors (Lipinski definition) is 3. The molecular formula is C20H19F3N2O3. The zero-order valence-corrected chi connectivity index (χ0v) is 14.8. The van der Waals surface area contributed by atoms with Gasteiger partial charge in [0.1, 0.15) is 5.75 Å². The maximum Gasteiger partial charge on any atom is 0.416 e. The highest BCUT2D eigenvalue weighted by Crippen LogP contribution is 2.38. The van der Waals surface area contributed by atoms with Crippen LogP contribution in [0.3, 0.4) is 0 Å². The number of carbonyl (C=O) groups excluding carboxylic acids is 1. The fourth-order valence-corrected chi connectivity index (χ4v) is 3.78. The Bertz CT molecular complexity index is 914. The average Bonchev–Trinajstić information content (AvgIpc) is 3.02. The van der Waals surface area contributed by atoms with E-state index in [0.717, 1.165) is 23.3 Å². The topological polar surface area (TPSA) is 70.6 Å². The van der Waals surface area contributed by atoms with Crippen LogP contribution in [0.15, 0.2) is 36.4 Å². The first-order valence-electron chi connectivity index (χ1n) is 9.01. The fraction of sp³-hybridized carbons (Fsp3) is 0.350. The molecule has 1 aliphatic carbocycles. The molecule has 2 aromatic rings. The SMILES string of the molecule is O=C(Nc1cccc2c1C[C@H](O)C2)N[C@@H]1CCOc2cc(C(F)(F)F)ccc21. The first-order chi connectivity index (χ1) is 13.3. The molecule has 0 radical (unpaired) electrons. The maximum atomic E-state index is 12.9. The molecule has 3 N–H and O–H groups in total. The van der Waals surface area contributed by atoms with Gasteiger partial charge in [-0.2, -0.15) is 13.2 Å². The highest BCUT2D eigenvalue weighted by atomic mass is 19.4. The lowest BCUT2D eigenvalue weighted by molar-refractivity contribution is -0.137. The number of rotatable bonds is 2. The number of fused-ring (bicyclic) bond motifs is 2. The van der Waals surface area contributed by atoms with Crippen LogP contribution in [0.4, 0.5) is 23.7 Å². The second kappa shape index (κ2) is 7.01. The summed E-state index contributed by atoms with van der Waals surface area (Å²) >= 11 is 0. The zero-order chi connectivity index (χ0) is 19.9. The van der Waals surface area contributed by atoms with Crippen molar-refractivity contribution in [2.75, 3.05) is 11.9 Å². The molecule has 2 aromatic carbocycles. The summed E-state index contributed by atoms with van der Waals surface area (Å²) in [5.41, 5.74) is 2.28. The second-order valence-corrected chi connectivity index (χ2v) is 7.04. The Kier molecular flexibility index (Phi) is 4.66. The van der Waals surface area contributed by atoms with E-state index in [4.69, 9.17) is 4.74 Å². The molecule has 0 fully saturated rings. The molecule has 2 amide bonds. The van der Waals surface area contributed by atoms with Crippen LogP contribution in [0.1, 0.15) is 34.7 Å². The van der Waals surface area contributed by atoms with E-state index in [2.05, 4.69) is 10.6 Å². The van der Waals surface area contributed by atoms with Crippen molar-refractivity contribution in [3.63, 3.8) is 0 Å². The number of urea groups is 1. The van der Waals surface area contributed by atoms with Crippen LogP contribution in [0.2, 0.25) is 0 Å². The Hall–Kier alpha value is -2.74. The highest BCUT2D eigenvalue weighted by Gasteiger charge is 2.33. The Morgan fingerprint density at radius 1 is 1.18 bits per heavy atom. The summed E-state index contributed by atoms with van der Waals surface area (Å²) in [5, 5.41) is 15.4. The molecule has 0 spiro atoms. The summed E-state index contributed by atoms with van der Waals surface area (Å²) < 4.78 is 44.0. The van der Waals surface area contributed by atoms with E-state index in [1.54, 1.807) is 6.07 Å². The largest absolute Gasteiger partial charge is 0.493 e. The van der Waals surface area contributed by atoms with Crippen molar-refractivity contribution in [1.29, 1.82) is 0 Å². The van der Waals surface area contributed by atoms with E-state index in [0.29, 0.717) is 30.5 Å². The third-order valence-corrected chi connectivity index (χ3v) is 5.10. The van der Waals surface area contributed by atoms with E-state index in [1.165, 1.54) is 6.07 Å². The Morgan fingerprint density at radius 2 is 2.00 bits per heavy atom. The molecular weight excluding hydrogens is 373 g/mol. The minimum atomic E-state index is -4.45. The minimum Gasteiger partial charge on any atom is -0.493 e. The number of benzene rings is 2. The molecule has 5 nitrogen and oxygen atoms in total. The van der Waals surface area contributed by atoms with Crippen LogP contribution in [0, 0.1) is 0 Å². The summed E-state index contributed by atoms with van der Waals surface area (Å²) in [7, 11) is 0. The normalized spacial score (nSPS) is 20.7. The quantitative estimate of drug-likeness (QED) is 0.728. The summed E-state index contributed by atoms with van der Waals surface area (Å²) in [5.74, 6) is 0.134. The van der Waals surface area contributed by atoms with Gasteiger partial charge in [-0.1, -0.05) is 18.2 Å². The van der Waals surface area contributed by atoms with E-state index in [9.17, 15) is 23.1 Å². The molecule has 0 bridgehead atoms. The van der Waals surface area contributed by atoms with Crippen LogP contribution in [0.25, 0.3) is 0 Å². The van der Waals surface area contributed by atoms with Crippen molar-refractivity contribution in [2.24, 2.45) is 0 Å². The Labute approximate surface area is 159 Å². The summed E-state index contributed by atoms with van der Waals surface area (Å²) in [6.45, 7) is 0.214. The van der Waals surface area contributed by atoms with Gasteiger partial charge in [-0.05, 0) is 35.7 Å². The van der Waals surface area contributed by atoms with Gasteiger partial charge in [0.15, 0.2) is 0 Å². The maximum absolute atomic E-state index is 12.9. The molecule has 0 saturated carbocycles. The van der Waals surface area contributed by atoms with Crippen LogP contribution < -0.4 is 15.4 Å². The average molecular weight is 392 g/mol. The first kappa shape index (κ1) is 18.6. The molecule has 8 heteroatoms. The van der Waals surface area contributed by atoms with Crippen LogP contribution >= 0.6 is 0 Å². The van der Waals surface area contributed by atoms with Crippen molar-refractivity contribution < 1.29 is 27.8 Å². The molecule has 0 saturated heterocycles. The van der Waals surface area contributed by atoms with Crippen LogP contribution in [-0.2, 0) is 19.0 Å². The number of aliphatic hydroxyl groups is 1. The summed E-state index contributed by atoms with van der Waals surface area (Å²) in [4.78, 5) is 12.5. The van der Waals surface area contributed by atoms with Gasteiger partial charge < -0.3 is 20.5 Å². The van der Waals surface area contributed by atoms with Gasteiger partial charge in [0.05, 0.1) is 24.3 Å². The number of alkyl halides is 3. The van der Waals surface area contributed by atoms with Gasteiger partial charge in [-0.25, -0.2) is 4.79 Å². The highest BCUT2D eigenvalue weighted by molar-refractivity contribution is 5.90. The number of hydrogen-bond acceptors (Lipinski definition) is 3. The van der Waals surface area contributed by atoms with Gasteiger partial charge in [-0.3, -0.25) is 0 Å². The van der Waals surface area contributed by atoms with Crippen molar-refractivity contribution in [3.8, 4) is 5.75 Å². The van der Waals surface area contributed by atoms with Gasteiger partial charge in [0.25, 0.3) is 0 Å². The van der Waals surface area contributed by atoms with Crippen molar-refractivity contribution in [2.45, 2.75) is 37.6 Å². The van der Waals surface area contributed by atoms with Gasteiger partial charge in [0, 0.05) is 24.1 Å². The Balaban J connectivity index is 1.49. The summed E-state index contributed by atoms with van der Waals surface area (Å²) in [6, 6.07) is 7.90. The molecule has 0 aromatic heterocycles. The molecule has 0 unspecified atom stereocenters. The smallest absolute Gasteiger partial charge is 0.416 e. The molecule has 1 aliphatic heterocycles. The van der Waals surface area contributed by atoms with Crippen molar-refractivity contribution >= 4 is 11.7 Å². The number of carbonyl (C=O) groups is 1. The number of nitrogens with one attached hydrogen (secondary N) is 2. The van der Waals surface area contributed by atoms with E-state index in [-0.39, 0.29) is 12.4 Å². The van der Waals surface area contributed by atoms with E-state index < -0.39 is 29.9 Å². The molecule has 2 aliphatic rings. The number of ether oxygens (including phenoxy) is 1. The van der Waals surface area contributed by atoms with Crippen molar-refractivity contribution in [1.82, 2.24) is 5.32 Å². The molecule has 28 heavy (non-hydrogen) atoms. The van der Waals surface area contributed by atoms with Crippen LogP contribution in [-0.4, -0.2) is 23.8 Å². The molecule has 4 rings (SSSR count). The third kappa shape index (κ3) is 3.64. The lowest BCUT2D eigenvalue weighted by Gasteiger charge is -2.27. The molecule has 2 atom stereocenters. The first-order valence-corrected chi connectivity index (χ1v) is 9.01. The standard InChI is InChI=1S/C20H19F3N2O3/c21-20(22,23)12-4-5-14-17(6-7-28-18(14)9-12)25-19(27)24-16-3-1-2-11-8-13(26)10-15(11)16/h1-5,9,13,17,26H,6-8,10H2,(H2,24,25,27)/t13-,17-/m1/s1. The minimum absolute atomic E-state index is 0.134. The van der Waals surface area contributed by atoms with Crippen molar-refractivity contribution in [3.05, 3.63) is 58.7 Å². The van der Waals surface area contributed by atoms with Gasteiger partial charge >= 0.3 is 12.2 Å².